The number of amides is 1. The van der Waals surface area contributed by atoms with Crippen LogP contribution in [0.3, 0.4) is 0 Å². The SMILES string of the molecule is COc1ccc(Nc2nccc(-c3ccc(C(=O)N[C@H](C)c4ccccc4)s3)n2)cc1. The third kappa shape index (κ3) is 5.07. The van der Waals surface area contributed by atoms with Gasteiger partial charge in [-0.1, -0.05) is 30.3 Å². The monoisotopic (exact) mass is 430 g/mol. The number of aromatic nitrogens is 2. The van der Waals surface area contributed by atoms with Crippen molar-refractivity contribution in [1.29, 1.82) is 0 Å². The Balaban J connectivity index is 1.45. The van der Waals surface area contributed by atoms with Gasteiger partial charge in [-0.15, -0.1) is 11.3 Å². The molecule has 0 fully saturated rings. The van der Waals surface area contributed by atoms with Gasteiger partial charge in [-0.05, 0) is 55.0 Å². The third-order valence-corrected chi connectivity index (χ3v) is 5.84. The van der Waals surface area contributed by atoms with E-state index in [1.807, 2.05) is 79.7 Å². The Morgan fingerprint density at radius 1 is 1.00 bits per heavy atom. The lowest BCUT2D eigenvalue weighted by Crippen LogP contribution is -2.25. The van der Waals surface area contributed by atoms with Crippen LogP contribution in [0, 0.1) is 0 Å². The molecule has 0 spiro atoms. The maximum absolute atomic E-state index is 12.7. The number of hydrogen-bond donors (Lipinski definition) is 2. The minimum Gasteiger partial charge on any atom is -0.497 e. The van der Waals surface area contributed by atoms with Gasteiger partial charge in [-0.25, -0.2) is 9.97 Å². The molecule has 6 nitrogen and oxygen atoms in total. The Kier molecular flexibility index (Phi) is 6.24. The van der Waals surface area contributed by atoms with Crippen molar-refractivity contribution in [2.24, 2.45) is 0 Å². The van der Waals surface area contributed by atoms with E-state index in [2.05, 4.69) is 20.6 Å². The van der Waals surface area contributed by atoms with Crippen LogP contribution in [0.5, 0.6) is 5.75 Å². The van der Waals surface area contributed by atoms with E-state index in [4.69, 9.17) is 4.74 Å². The van der Waals surface area contributed by atoms with Crippen molar-refractivity contribution >= 4 is 28.9 Å². The number of nitrogens with one attached hydrogen (secondary N) is 2. The van der Waals surface area contributed by atoms with Crippen molar-refractivity contribution in [2.45, 2.75) is 13.0 Å². The molecule has 4 rings (SSSR count). The number of ether oxygens (including phenoxy) is 1. The molecule has 0 bridgehead atoms. The molecule has 1 atom stereocenters. The first kappa shape index (κ1) is 20.6. The molecule has 0 unspecified atom stereocenters. The van der Waals surface area contributed by atoms with Crippen LogP contribution in [0.25, 0.3) is 10.6 Å². The molecule has 4 aromatic rings. The van der Waals surface area contributed by atoms with Crippen LogP contribution in [0.2, 0.25) is 0 Å². The lowest BCUT2D eigenvalue weighted by atomic mass is 10.1. The number of hydrogen-bond acceptors (Lipinski definition) is 6. The normalized spacial score (nSPS) is 11.5. The molecule has 156 valence electrons. The topological polar surface area (TPSA) is 76.1 Å². The summed E-state index contributed by atoms with van der Waals surface area (Å²) >= 11 is 1.40. The molecule has 31 heavy (non-hydrogen) atoms. The molecule has 0 saturated carbocycles. The van der Waals surface area contributed by atoms with Gasteiger partial charge < -0.3 is 15.4 Å². The average Bonchev–Trinajstić information content (AvgIpc) is 3.31. The van der Waals surface area contributed by atoms with Gasteiger partial charge in [-0.2, -0.15) is 0 Å². The molecule has 0 aliphatic rings. The highest BCUT2D eigenvalue weighted by molar-refractivity contribution is 7.17. The maximum Gasteiger partial charge on any atom is 0.261 e. The van der Waals surface area contributed by atoms with Gasteiger partial charge in [0, 0.05) is 11.9 Å². The standard InChI is InChI=1S/C24H22N4O2S/c1-16(17-6-4-3-5-7-17)26-23(29)22-13-12-21(31-22)20-14-15-25-24(28-20)27-18-8-10-19(30-2)11-9-18/h3-16H,1-2H3,(H,26,29)(H,25,27,28)/t16-/m1/s1. The highest BCUT2D eigenvalue weighted by Gasteiger charge is 2.15. The van der Waals surface area contributed by atoms with E-state index < -0.39 is 0 Å². The molecule has 0 saturated heterocycles. The molecule has 7 heteroatoms. The second-order valence-electron chi connectivity index (χ2n) is 6.89. The molecule has 0 aliphatic carbocycles. The summed E-state index contributed by atoms with van der Waals surface area (Å²) in [6.45, 7) is 1.98. The predicted molar refractivity (Wildman–Crippen MR) is 124 cm³/mol. The van der Waals surface area contributed by atoms with Crippen molar-refractivity contribution in [2.75, 3.05) is 12.4 Å². The number of thiophene rings is 1. The second-order valence-corrected chi connectivity index (χ2v) is 7.97. The number of methoxy groups -OCH3 is 1. The number of carbonyl (C=O) groups excluding carboxylic acids is 1. The molecular weight excluding hydrogens is 408 g/mol. The van der Waals surface area contributed by atoms with E-state index in [9.17, 15) is 4.79 Å². The first-order valence-electron chi connectivity index (χ1n) is 9.82. The summed E-state index contributed by atoms with van der Waals surface area (Å²) in [7, 11) is 1.63. The number of carbonyl (C=O) groups is 1. The van der Waals surface area contributed by atoms with E-state index in [0.29, 0.717) is 10.8 Å². The van der Waals surface area contributed by atoms with Gasteiger partial charge >= 0.3 is 0 Å². The van der Waals surface area contributed by atoms with Crippen LogP contribution in [0.15, 0.2) is 79.0 Å². The number of rotatable bonds is 7. The largest absolute Gasteiger partial charge is 0.497 e. The summed E-state index contributed by atoms with van der Waals surface area (Å²) in [6.07, 6.45) is 1.70. The molecule has 0 radical (unpaired) electrons. The first-order chi connectivity index (χ1) is 15.1. The molecule has 2 aromatic heterocycles. The van der Waals surface area contributed by atoms with Gasteiger partial charge in [0.05, 0.1) is 28.6 Å². The fourth-order valence-electron chi connectivity index (χ4n) is 3.05. The highest BCUT2D eigenvalue weighted by atomic mass is 32.1. The lowest BCUT2D eigenvalue weighted by molar-refractivity contribution is 0.0944. The van der Waals surface area contributed by atoms with Crippen LogP contribution < -0.4 is 15.4 Å². The summed E-state index contributed by atoms with van der Waals surface area (Å²) < 4.78 is 5.18. The lowest BCUT2D eigenvalue weighted by Gasteiger charge is -2.13. The van der Waals surface area contributed by atoms with Gasteiger partial charge in [0.1, 0.15) is 5.75 Å². The van der Waals surface area contributed by atoms with Gasteiger partial charge in [0.15, 0.2) is 0 Å². The first-order valence-corrected chi connectivity index (χ1v) is 10.6. The van der Waals surface area contributed by atoms with Crippen LogP contribution in [0.1, 0.15) is 28.2 Å². The summed E-state index contributed by atoms with van der Waals surface area (Å²) in [4.78, 5) is 23.1. The Morgan fingerprint density at radius 2 is 1.77 bits per heavy atom. The zero-order valence-corrected chi connectivity index (χ0v) is 18.0. The quantitative estimate of drug-likeness (QED) is 0.408. The summed E-state index contributed by atoms with van der Waals surface area (Å²) in [5.74, 6) is 1.17. The number of nitrogens with zero attached hydrogens (tertiary/aromatic N) is 2. The number of benzene rings is 2. The van der Waals surface area contributed by atoms with Crippen molar-refractivity contribution < 1.29 is 9.53 Å². The Hall–Kier alpha value is -3.71. The van der Waals surface area contributed by atoms with E-state index >= 15 is 0 Å². The molecule has 2 heterocycles. The molecule has 1 amide bonds. The Labute approximate surface area is 185 Å². The van der Waals surface area contributed by atoms with Crippen molar-refractivity contribution in [3.05, 3.63) is 89.4 Å². The maximum atomic E-state index is 12.7. The zero-order valence-electron chi connectivity index (χ0n) is 17.2. The fraction of sp³-hybridized carbons (Fsp3) is 0.125. The van der Waals surface area contributed by atoms with Crippen molar-refractivity contribution in [3.8, 4) is 16.3 Å². The van der Waals surface area contributed by atoms with Crippen LogP contribution in [0.4, 0.5) is 11.6 Å². The average molecular weight is 431 g/mol. The predicted octanol–water partition coefficient (Wildman–Crippen LogP) is 5.45. The second kappa shape index (κ2) is 9.40. The third-order valence-electron chi connectivity index (χ3n) is 4.73. The Morgan fingerprint density at radius 3 is 2.52 bits per heavy atom. The van der Waals surface area contributed by atoms with Crippen molar-refractivity contribution in [1.82, 2.24) is 15.3 Å². The van der Waals surface area contributed by atoms with E-state index in [-0.39, 0.29) is 11.9 Å². The smallest absolute Gasteiger partial charge is 0.261 e. The van der Waals surface area contributed by atoms with Crippen molar-refractivity contribution in [3.63, 3.8) is 0 Å². The molecule has 2 aromatic carbocycles. The van der Waals surface area contributed by atoms with E-state index in [0.717, 1.165) is 27.6 Å². The van der Waals surface area contributed by atoms with Crippen LogP contribution >= 0.6 is 11.3 Å². The van der Waals surface area contributed by atoms with Gasteiger partial charge in [0.2, 0.25) is 5.95 Å². The minimum atomic E-state index is -0.0989. The molecular formula is C24H22N4O2S. The van der Waals surface area contributed by atoms with Crippen LogP contribution in [-0.2, 0) is 0 Å². The van der Waals surface area contributed by atoms with E-state index in [1.165, 1.54) is 11.3 Å². The van der Waals surface area contributed by atoms with Crippen LogP contribution in [-0.4, -0.2) is 23.0 Å². The summed E-state index contributed by atoms with van der Waals surface area (Å²) in [5, 5.41) is 6.23. The van der Waals surface area contributed by atoms with Gasteiger partial charge in [-0.3, -0.25) is 4.79 Å². The number of anilines is 2. The minimum absolute atomic E-state index is 0.0707. The van der Waals surface area contributed by atoms with E-state index in [1.54, 1.807) is 13.3 Å². The zero-order chi connectivity index (χ0) is 21.6. The van der Waals surface area contributed by atoms with Gasteiger partial charge in [0.25, 0.3) is 5.91 Å². The summed E-state index contributed by atoms with van der Waals surface area (Å²) in [5.41, 5.74) is 2.68. The fourth-order valence-corrected chi connectivity index (χ4v) is 3.93. The molecule has 0 aliphatic heterocycles. The highest BCUT2D eigenvalue weighted by Crippen LogP contribution is 2.28. The molecule has 2 N–H and O–H groups in total. The summed E-state index contributed by atoms with van der Waals surface area (Å²) in [6, 6.07) is 22.9. The Bertz CT molecular complexity index is 1160.